The van der Waals surface area contributed by atoms with Gasteiger partial charge in [0.15, 0.2) is 0 Å². The molecule has 4 rings (SSSR count). The molecule has 1 aliphatic rings. The van der Waals surface area contributed by atoms with Crippen LogP contribution in [0.4, 0.5) is 18.9 Å². The Labute approximate surface area is 224 Å². The van der Waals surface area contributed by atoms with Gasteiger partial charge in [-0.25, -0.2) is 8.42 Å². The third-order valence-electron chi connectivity index (χ3n) is 6.81. The van der Waals surface area contributed by atoms with Crippen LogP contribution in [0.15, 0.2) is 89.0 Å². The highest BCUT2D eigenvalue weighted by Gasteiger charge is 2.42. The molecule has 0 spiro atoms. The second-order valence-corrected chi connectivity index (χ2v) is 11.0. The van der Waals surface area contributed by atoms with Crippen LogP contribution in [-0.2, 0) is 10.0 Å². The Balaban J connectivity index is 1.46. The number of aliphatic hydroxyl groups is 1. The topological polar surface area (TPSA) is 99.6 Å². The number of fused-ring (bicyclic) bond motifs is 1. The van der Waals surface area contributed by atoms with E-state index in [0.29, 0.717) is 10.9 Å². The summed E-state index contributed by atoms with van der Waals surface area (Å²) in [6, 6.07) is 14.2. The minimum atomic E-state index is -4.58. The number of nitrogens with one attached hydrogen (secondary N) is 1. The monoisotopic (exact) mass is 559 g/mol. The number of hydrogen-bond acceptors (Lipinski definition) is 5. The average molecular weight is 560 g/mol. The van der Waals surface area contributed by atoms with Gasteiger partial charge in [0.1, 0.15) is 4.90 Å². The molecule has 3 aromatic rings. The zero-order valence-corrected chi connectivity index (χ0v) is 22.2. The molecule has 0 saturated carbocycles. The first-order valence-electron chi connectivity index (χ1n) is 12.3. The van der Waals surface area contributed by atoms with E-state index in [1.165, 1.54) is 53.6 Å². The van der Waals surface area contributed by atoms with E-state index in [0.717, 1.165) is 6.92 Å². The van der Waals surface area contributed by atoms with Gasteiger partial charge in [-0.05, 0) is 68.7 Å². The number of carbonyl (C=O) groups excluding carboxylic acids is 1. The van der Waals surface area contributed by atoms with E-state index in [-0.39, 0.29) is 53.6 Å². The maximum atomic E-state index is 13.4. The van der Waals surface area contributed by atoms with Crippen molar-refractivity contribution in [3.8, 4) is 0 Å². The smallest absolute Gasteiger partial charge is 0.385 e. The highest BCUT2D eigenvalue weighted by molar-refractivity contribution is 7.93. The number of pyridine rings is 1. The molecule has 0 bridgehead atoms. The quantitative estimate of drug-likeness (QED) is 0.391. The van der Waals surface area contributed by atoms with Gasteiger partial charge in [0, 0.05) is 41.5 Å². The van der Waals surface area contributed by atoms with Crippen molar-refractivity contribution in [3.05, 3.63) is 89.7 Å². The fraction of sp³-hybridized carbons (Fsp3) is 0.286. The molecule has 0 atom stereocenters. The van der Waals surface area contributed by atoms with Crippen LogP contribution in [0.3, 0.4) is 0 Å². The molecule has 11 heteroatoms. The van der Waals surface area contributed by atoms with Crippen molar-refractivity contribution in [2.45, 2.75) is 43.4 Å². The van der Waals surface area contributed by atoms with Crippen LogP contribution in [-0.4, -0.2) is 54.2 Å². The van der Waals surface area contributed by atoms with E-state index in [2.05, 4.69) is 9.71 Å². The largest absolute Gasteiger partial charge is 0.412 e. The first-order valence-corrected chi connectivity index (χ1v) is 13.7. The van der Waals surface area contributed by atoms with E-state index in [9.17, 15) is 31.5 Å². The number of anilines is 1. The van der Waals surface area contributed by atoms with Gasteiger partial charge in [0.2, 0.25) is 0 Å². The predicted molar refractivity (Wildman–Crippen MR) is 143 cm³/mol. The summed E-state index contributed by atoms with van der Waals surface area (Å²) in [4.78, 5) is 18.7. The van der Waals surface area contributed by atoms with Crippen molar-refractivity contribution in [3.63, 3.8) is 0 Å². The number of para-hydroxylation sites is 1. The number of carbonyl (C=O) groups is 1. The lowest BCUT2D eigenvalue weighted by Gasteiger charge is -2.40. The molecule has 2 aromatic carbocycles. The maximum absolute atomic E-state index is 13.4. The Bertz CT molecular complexity index is 1540. The van der Waals surface area contributed by atoms with E-state index in [1.54, 1.807) is 31.2 Å². The molecule has 0 radical (unpaired) electrons. The van der Waals surface area contributed by atoms with E-state index in [1.807, 2.05) is 0 Å². The lowest BCUT2D eigenvalue weighted by molar-refractivity contribution is -0.0951. The van der Waals surface area contributed by atoms with E-state index >= 15 is 0 Å². The predicted octanol–water partition coefficient (Wildman–Crippen LogP) is 5.46. The molecule has 1 saturated heterocycles. The first-order chi connectivity index (χ1) is 18.4. The molecular weight excluding hydrogens is 531 g/mol. The number of aromatic nitrogens is 1. The zero-order valence-electron chi connectivity index (χ0n) is 21.4. The number of rotatable bonds is 6. The fourth-order valence-corrected chi connectivity index (χ4v) is 5.90. The number of benzene rings is 2. The van der Waals surface area contributed by atoms with Crippen molar-refractivity contribution in [2.24, 2.45) is 0 Å². The summed E-state index contributed by atoms with van der Waals surface area (Å²) in [5, 5.41) is 11.7. The standard InChI is InChI=1S/C28H28F3N3O4S/c1-3-6-23(19(2)28(29,30)31)27(36)14-17-34(18-15-27)26(35)21-10-12-22(13-11-21)33-39(37,38)24-9-4-7-20-8-5-16-32-25(20)24/h3-13,16,33,36H,14-15,17-18H2,1-2H3. The van der Waals surface area contributed by atoms with Crippen LogP contribution in [0.5, 0.6) is 0 Å². The Morgan fingerprint density at radius 3 is 2.33 bits per heavy atom. The summed E-state index contributed by atoms with van der Waals surface area (Å²) in [5.41, 5.74) is -1.89. The van der Waals surface area contributed by atoms with Gasteiger partial charge >= 0.3 is 6.18 Å². The summed E-state index contributed by atoms with van der Waals surface area (Å²) >= 11 is 0. The molecule has 0 aliphatic carbocycles. The number of alkyl halides is 3. The number of hydrogen-bond donors (Lipinski definition) is 2. The van der Waals surface area contributed by atoms with Crippen LogP contribution >= 0.6 is 0 Å². The molecule has 39 heavy (non-hydrogen) atoms. The van der Waals surface area contributed by atoms with Crippen molar-refractivity contribution in [1.29, 1.82) is 0 Å². The minimum absolute atomic E-state index is 0.0219. The van der Waals surface area contributed by atoms with Crippen LogP contribution in [0.2, 0.25) is 0 Å². The Kier molecular flexibility index (Phi) is 7.85. The highest BCUT2D eigenvalue weighted by Crippen LogP contribution is 2.38. The molecule has 2 N–H and O–H groups in total. The Hall–Kier alpha value is -3.70. The molecular formula is C28H28F3N3O4S. The SMILES string of the molecule is CC=CC(=C(C)C(F)(F)F)C1(O)CCN(C(=O)c2ccc(NS(=O)(=O)c3cccc4cccnc34)cc2)CC1. The number of amides is 1. The summed E-state index contributed by atoms with van der Waals surface area (Å²) in [6.45, 7) is 2.64. The number of sulfonamides is 1. The van der Waals surface area contributed by atoms with Crippen LogP contribution in [0.1, 0.15) is 37.0 Å². The van der Waals surface area contributed by atoms with Gasteiger partial charge in [-0.15, -0.1) is 0 Å². The van der Waals surface area contributed by atoms with Crippen molar-refractivity contribution < 1.29 is 31.5 Å². The van der Waals surface area contributed by atoms with Crippen LogP contribution < -0.4 is 4.72 Å². The number of halogens is 3. The number of likely N-dealkylation sites (tertiary alicyclic amines) is 1. The first kappa shape index (κ1) is 28.3. The fourth-order valence-electron chi connectivity index (χ4n) is 4.66. The van der Waals surface area contributed by atoms with Gasteiger partial charge in [-0.2, -0.15) is 13.2 Å². The van der Waals surface area contributed by atoms with Crippen molar-refractivity contribution >= 4 is 32.5 Å². The minimum Gasteiger partial charge on any atom is -0.385 e. The number of piperidine rings is 1. The van der Waals surface area contributed by atoms with Gasteiger partial charge in [-0.1, -0.05) is 30.4 Å². The summed E-state index contributed by atoms with van der Waals surface area (Å²) in [6.07, 6.45) is -0.449. The second kappa shape index (κ2) is 10.8. The zero-order chi connectivity index (χ0) is 28.4. The normalized spacial score (nSPS) is 16.8. The lowest BCUT2D eigenvalue weighted by Crippen LogP contribution is -2.48. The number of allylic oxidation sites excluding steroid dienone is 2. The van der Waals surface area contributed by atoms with Crippen LogP contribution in [0, 0.1) is 0 Å². The van der Waals surface area contributed by atoms with Crippen molar-refractivity contribution in [1.82, 2.24) is 9.88 Å². The van der Waals surface area contributed by atoms with Gasteiger partial charge in [0.25, 0.3) is 15.9 Å². The summed E-state index contributed by atoms with van der Waals surface area (Å²) < 4.78 is 68.6. The highest BCUT2D eigenvalue weighted by atomic mass is 32.2. The molecule has 1 fully saturated rings. The molecule has 0 unspecified atom stereocenters. The second-order valence-electron chi connectivity index (χ2n) is 9.37. The van der Waals surface area contributed by atoms with E-state index in [4.69, 9.17) is 0 Å². The van der Waals surface area contributed by atoms with E-state index < -0.39 is 27.4 Å². The Morgan fingerprint density at radius 1 is 1.08 bits per heavy atom. The van der Waals surface area contributed by atoms with Crippen LogP contribution in [0.25, 0.3) is 10.9 Å². The third-order valence-corrected chi connectivity index (χ3v) is 8.22. The molecule has 7 nitrogen and oxygen atoms in total. The number of nitrogens with zero attached hydrogens (tertiary/aromatic N) is 2. The lowest BCUT2D eigenvalue weighted by atomic mass is 9.81. The summed E-state index contributed by atoms with van der Waals surface area (Å²) in [5.74, 6) is -0.367. The molecule has 1 aliphatic heterocycles. The summed E-state index contributed by atoms with van der Waals surface area (Å²) in [7, 11) is -3.96. The van der Waals surface area contributed by atoms with Gasteiger partial charge in [-0.3, -0.25) is 14.5 Å². The van der Waals surface area contributed by atoms with Gasteiger partial charge in [0.05, 0.1) is 11.1 Å². The third kappa shape index (κ3) is 5.99. The average Bonchev–Trinajstić information content (AvgIpc) is 2.90. The van der Waals surface area contributed by atoms with Gasteiger partial charge < -0.3 is 10.0 Å². The Morgan fingerprint density at radius 2 is 1.72 bits per heavy atom. The molecule has 2 heterocycles. The molecule has 206 valence electrons. The maximum Gasteiger partial charge on any atom is 0.412 e. The molecule has 1 aromatic heterocycles. The van der Waals surface area contributed by atoms with Crippen molar-refractivity contribution in [2.75, 3.05) is 17.8 Å². The molecule has 1 amide bonds.